The monoisotopic (exact) mass is 275 g/mol. The van der Waals surface area contributed by atoms with Crippen LogP contribution in [0, 0.1) is 0 Å². The van der Waals surface area contributed by atoms with E-state index < -0.39 is 0 Å². The first-order chi connectivity index (χ1) is 9.56. The van der Waals surface area contributed by atoms with Crippen molar-refractivity contribution in [3.63, 3.8) is 0 Å². The number of nitrogens with zero attached hydrogens (tertiary/aromatic N) is 2. The molecule has 5 nitrogen and oxygen atoms in total. The maximum atomic E-state index is 12.1. The minimum absolute atomic E-state index is 0.0673. The Kier molecular flexibility index (Phi) is 4.61. The van der Waals surface area contributed by atoms with Crippen molar-refractivity contribution in [2.24, 2.45) is 0 Å². The summed E-state index contributed by atoms with van der Waals surface area (Å²) in [7, 11) is 3.53. The number of carbonyl (C=O) groups excluding carboxylic acids is 2. The van der Waals surface area contributed by atoms with E-state index in [9.17, 15) is 9.59 Å². The summed E-state index contributed by atoms with van der Waals surface area (Å²) < 4.78 is 0. The van der Waals surface area contributed by atoms with Crippen LogP contribution in [-0.4, -0.2) is 49.9 Å². The van der Waals surface area contributed by atoms with Crippen molar-refractivity contribution in [1.29, 1.82) is 0 Å². The summed E-state index contributed by atoms with van der Waals surface area (Å²) in [5.41, 5.74) is 0.983. The molecule has 2 rings (SSSR count). The van der Waals surface area contributed by atoms with Crippen LogP contribution in [0.3, 0.4) is 0 Å². The molecule has 1 N–H and O–H groups in total. The highest BCUT2D eigenvalue weighted by molar-refractivity contribution is 5.87. The molecule has 0 atom stereocenters. The highest BCUT2D eigenvalue weighted by Crippen LogP contribution is 2.18. The maximum absolute atomic E-state index is 12.1. The summed E-state index contributed by atoms with van der Waals surface area (Å²) in [6.45, 7) is 0.384. The summed E-state index contributed by atoms with van der Waals surface area (Å²) in [6, 6.07) is 10.0. The molecule has 5 heteroatoms. The van der Waals surface area contributed by atoms with Gasteiger partial charge in [0.2, 0.25) is 11.8 Å². The van der Waals surface area contributed by atoms with Crippen LogP contribution in [0.4, 0.5) is 5.69 Å². The smallest absolute Gasteiger partial charge is 0.242 e. The van der Waals surface area contributed by atoms with Crippen molar-refractivity contribution in [3.05, 3.63) is 30.3 Å². The molecule has 1 saturated carbocycles. The molecule has 0 bridgehead atoms. The van der Waals surface area contributed by atoms with Gasteiger partial charge in [-0.25, -0.2) is 0 Å². The molecule has 1 fully saturated rings. The Hall–Kier alpha value is -2.04. The number of nitrogens with one attached hydrogen (secondary N) is 1. The Labute approximate surface area is 119 Å². The molecule has 20 heavy (non-hydrogen) atoms. The lowest BCUT2D eigenvalue weighted by atomic mass is 10.3. The van der Waals surface area contributed by atoms with E-state index in [0.29, 0.717) is 6.04 Å². The van der Waals surface area contributed by atoms with E-state index in [4.69, 9.17) is 0 Å². The number of likely N-dealkylation sites (N-methyl/N-ethyl adjacent to an activating group) is 2. The summed E-state index contributed by atoms with van der Waals surface area (Å²) >= 11 is 0. The van der Waals surface area contributed by atoms with E-state index in [0.717, 1.165) is 18.5 Å². The summed E-state index contributed by atoms with van der Waals surface area (Å²) in [5.74, 6) is -0.145. The minimum atomic E-state index is -0.0780. The SMILES string of the molecule is CN(CC(=O)NC1CC1)C(=O)CN(C)c1ccccc1. The number of para-hydroxylation sites is 1. The highest BCUT2D eigenvalue weighted by Gasteiger charge is 2.24. The first-order valence-electron chi connectivity index (χ1n) is 6.86. The third kappa shape index (κ3) is 4.26. The zero-order valence-corrected chi connectivity index (χ0v) is 12.0. The lowest BCUT2D eigenvalue weighted by molar-refractivity contribution is -0.133. The van der Waals surface area contributed by atoms with Gasteiger partial charge in [-0.05, 0) is 25.0 Å². The molecule has 0 saturated heterocycles. The van der Waals surface area contributed by atoms with E-state index in [1.165, 1.54) is 4.90 Å². The molecule has 0 aromatic heterocycles. The lowest BCUT2D eigenvalue weighted by Gasteiger charge is -2.23. The van der Waals surface area contributed by atoms with Crippen molar-refractivity contribution in [3.8, 4) is 0 Å². The number of amides is 2. The van der Waals surface area contributed by atoms with Gasteiger partial charge in [0.1, 0.15) is 0 Å². The third-order valence-electron chi connectivity index (χ3n) is 3.32. The predicted octanol–water partition coefficient (Wildman–Crippen LogP) is 0.860. The lowest BCUT2D eigenvalue weighted by Crippen LogP contribution is -2.42. The third-order valence-corrected chi connectivity index (χ3v) is 3.32. The van der Waals surface area contributed by atoms with Gasteiger partial charge in [-0.1, -0.05) is 18.2 Å². The number of carbonyl (C=O) groups is 2. The van der Waals surface area contributed by atoms with E-state index in [1.807, 2.05) is 42.3 Å². The predicted molar refractivity (Wildman–Crippen MR) is 78.5 cm³/mol. The van der Waals surface area contributed by atoms with Crippen molar-refractivity contribution in [1.82, 2.24) is 10.2 Å². The molecular formula is C15H21N3O2. The molecular weight excluding hydrogens is 254 g/mol. The Morgan fingerprint density at radius 2 is 1.80 bits per heavy atom. The number of anilines is 1. The average molecular weight is 275 g/mol. The largest absolute Gasteiger partial charge is 0.365 e. The fourth-order valence-corrected chi connectivity index (χ4v) is 1.90. The second kappa shape index (κ2) is 6.41. The van der Waals surface area contributed by atoms with E-state index in [-0.39, 0.29) is 24.9 Å². The molecule has 1 aromatic rings. The van der Waals surface area contributed by atoms with Crippen LogP contribution < -0.4 is 10.2 Å². The summed E-state index contributed by atoms with van der Waals surface area (Å²) in [4.78, 5) is 27.1. The summed E-state index contributed by atoms with van der Waals surface area (Å²) in [5, 5.41) is 2.88. The highest BCUT2D eigenvalue weighted by atomic mass is 16.2. The second-order valence-electron chi connectivity index (χ2n) is 5.28. The van der Waals surface area contributed by atoms with Gasteiger partial charge in [0.05, 0.1) is 13.1 Å². The van der Waals surface area contributed by atoms with Crippen molar-refractivity contribution in [2.45, 2.75) is 18.9 Å². The van der Waals surface area contributed by atoms with Gasteiger partial charge < -0.3 is 15.1 Å². The van der Waals surface area contributed by atoms with E-state index in [2.05, 4.69) is 5.32 Å². The van der Waals surface area contributed by atoms with Gasteiger partial charge in [-0.15, -0.1) is 0 Å². The topological polar surface area (TPSA) is 52.7 Å². The maximum Gasteiger partial charge on any atom is 0.242 e. The van der Waals surface area contributed by atoms with Gasteiger partial charge in [0, 0.05) is 25.8 Å². The number of hydrogen-bond acceptors (Lipinski definition) is 3. The van der Waals surface area contributed by atoms with Crippen LogP contribution in [0.1, 0.15) is 12.8 Å². The standard InChI is InChI=1S/C15H21N3O2/c1-17(13-6-4-3-5-7-13)11-15(20)18(2)10-14(19)16-12-8-9-12/h3-7,12H,8-11H2,1-2H3,(H,16,19). The Morgan fingerprint density at radius 1 is 1.15 bits per heavy atom. The first kappa shape index (κ1) is 14.4. The Bertz CT molecular complexity index is 471. The van der Waals surface area contributed by atoms with E-state index >= 15 is 0 Å². The summed E-state index contributed by atoms with van der Waals surface area (Å²) in [6.07, 6.45) is 2.11. The molecule has 2 amide bonds. The van der Waals surface area contributed by atoms with Gasteiger partial charge >= 0.3 is 0 Å². The normalized spacial score (nSPS) is 13.7. The molecule has 0 heterocycles. The minimum Gasteiger partial charge on any atom is -0.365 e. The molecule has 0 aliphatic heterocycles. The van der Waals surface area contributed by atoms with Crippen LogP contribution in [-0.2, 0) is 9.59 Å². The van der Waals surface area contributed by atoms with Gasteiger partial charge in [0.15, 0.2) is 0 Å². The fraction of sp³-hybridized carbons (Fsp3) is 0.467. The zero-order valence-electron chi connectivity index (χ0n) is 12.0. The van der Waals surface area contributed by atoms with Crippen molar-refractivity contribution < 1.29 is 9.59 Å². The first-order valence-corrected chi connectivity index (χ1v) is 6.86. The van der Waals surface area contributed by atoms with Gasteiger partial charge in [-0.2, -0.15) is 0 Å². The quantitative estimate of drug-likeness (QED) is 0.838. The zero-order chi connectivity index (χ0) is 14.5. The van der Waals surface area contributed by atoms with Gasteiger partial charge in [0.25, 0.3) is 0 Å². The van der Waals surface area contributed by atoms with Crippen molar-refractivity contribution in [2.75, 3.05) is 32.1 Å². The van der Waals surface area contributed by atoms with E-state index in [1.54, 1.807) is 7.05 Å². The average Bonchev–Trinajstić information content (AvgIpc) is 3.23. The molecule has 1 aliphatic carbocycles. The number of hydrogen-bond donors (Lipinski definition) is 1. The van der Waals surface area contributed by atoms with Crippen LogP contribution in [0.2, 0.25) is 0 Å². The Morgan fingerprint density at radius 3 is 2.40 bits per heavy atom. The van der Waals surface area contributed by atoms with Crippen LogP contribution >= 0.6 is 0 Å². The molecule has 0 radical (unpaired) electrons. The molecule has 0 spiro atoms. The number of benzene rings is 1. The number of rotatable bonds is 6. The Balaban J connectivity index is 1.79. The van der Waals surface area contributed by atoms with Crippen molar-refractivity contribution >= 4 is 17.5 Å². The van der Waals surface area contributed by atoms with Gasteiger partial charge in [-0.3, -0.25) is 9.59 Å². The fourth-order valence-electron chi connectivity index (χ4n) is 1.90. The van der Waals surface area contributed by atoms with Crippen LogP contribution in [0.25, 0.3) is 0 Å². The molecule has 108 valence electrons. The van der Waals surface area contributed by atoms with Crippen LogP contribution in [0.15, 0.2) is 30.3 Å². The van der Waals surface area contributed by atoms with Crippen LogP contribution in [0.5, 0.6) is 0 Å². The molecule has 0 unspecified atom stereocenters. The second-order valence-corrected chi connectivity index (χ2v) is 5.28. The molecule has 1 aromatic carbocycles. The molecule has 1 aliphatic rings.